The Kier molecular flexibility index (Phi) is 7.42. The lowest BCUT2D eigenvalue weighted by molar-refractivity contribution is -0.154. The van der Waals surface area contributed by atoms with Crippen LogP contribution >= 0.6 is 23.4 Å². The van der Waals surface area contributed by atoms with E-state index in [1.807, 2.05) is 6.07 Å². The van der Waals surface area contributed by atoms with Crippen LogP contribution < -0.4 is 15.4 Å². The molecule has 0 bridgehead atoms. The van der Waals surface area contributed by atoms with Gasteiger partial charge in [0, 0.05) is 30.8 Å². The van der Waals surface area contributed by atoms with Crippen molar-refractivity contribution >= 4 is 46.8 Å². The summed E-state index contributed by atoms with van der Waals surface area (Å²) in [6.07, 6.45) is 1.50. The second-order valence-electron chi connectivity index (χ2n) is 8.80. The number of rotatable bonds is 7. The maximum absolute atomic E-state index is 13.6. The summed E-state index contributed by atoms with van der Waals surface area (Å²) in [7, 11) is 1.44. The first-order valence-corrected chi connectivity index (χ1v) is 13.3. The summed E-state index contributed by atoms with van der Waals surface area (Å²) in [6.45, 7) is 1.62. The summed E-state index contributed by atoms with van der Waals surface area (Å²) >= 11 is 8.09. The molecule has 0 radical (unpaired) electrons. The van der Waals surface area contributed by atoms with Gasteiger partial charge in [-0.05, 0) is 36.8 Å². The average molecular weight is 568 g/mol. The second-order valence-corrected chi connectivity index (χ2v) is 10.3. The fourth-order valence-electron chi connectivity index (χ4n) is 3.98. The van der Waals surface area contributed by atoms with Gasteiger partial charge < -0.3 is 15.4 Å². The van der Waals surface area contributed by atoms with Crippen LogP contribution in [0.4, 0.5) is 5.69 Å². The third-order valence-electron chi connectivity index (χ3n) is 6.05. The van der Waals surface area contributed by atoms with Gasteiger partial charge in [0.1, 0.15) is 24.4 Å². The van der Waals surface area contributed by atoms with Crippen molar-refractivity contribution in [3.63, 3.8) is 0 Å². The van der Waals surface area contributed by atoms with E-state index >= 15 is 0 Å². The van der Waals surface area contributed by atoms with Gasteiger partial charge in [0.25, 0.3) is 17.7 Å². The molecule has 4 heterocycles. The Labute approximate surface area is 232 Å². The highest BCUT2D eigenvalue weighted by molar-refractivity contribution is 8.00. The Hall–Kier alpha value is -4.12. The molecule has 1 aromatic carbocycles. The van der Waals surface area contributed by atoms with Crippen molar-refractivity contribution in [3.05, 3.63) is 63.9 Å². The highest BCUT2D eigenvalue weighted by Gasteiger charge is 2.33. The van der Waals surface area contributed by atoms with Gasteiger partial charge in [-0.25, -0.2) is 14.7 Å². The number of benzene rings is 1. The minimum atomic E-state index is -0.908. The molecule has 200 valence electrons. The van der Waals surface area contributed by atoms with E-state index in [4.69, 9.17) is 21.2 Å². The third-order valence-corrected chi connectivity index (χ3v) is 7.56. The zero-order chi connectivity index (χ0) is 27.7. The molecule has 1 atom stereocenters. The Morgan fingerprint density at radius 1 is 1.28 bits per heavy atom. The molecular formula is C25H22ClN7O5S. The van der Waals surface area contributed by atoms with E-state index in [2.05, 4.69) is 20.7 Å². The maximum Gasteiger partial charge on any atom is 0.274 e. The topological polar surface area (TPSA) is 151 Å². The SMILES string of the molecule is Cc1cc(C#N)cc(C(=O)NC2CON(C)C2=O)c1NC(=O)c1cc(OC2CSC2)nn1-c1ncccc1Cl. The van der Waals surface area contributed by atoms with Crippen LogP contribution in [-0.2, 0) is 9.63 Å². The minimum Gasteiger partial charge on any atom is -0.472 e. The fraction of sp³-hybridized carbons (Fsp3) is 0.280. The van der Waals surface area contributed by atoms with Gasteiger partial charge >= 0.3 is 0 Å². The van der Waals surface area contributed by atoms with Crippen LogP contribution in [0.5, 0.6) is 5.88 Å². The Bertz CT molecular complexity index is 1520. The largest absolute Gasteiger partial charge is 0.472 e. The van der Waals surface area contributed by atoms with Crippen LogP contribution in [0.1, 0.15) is 32.0 Å². The number of likely N-dealkylation sites (N-methyl/N-ethyl adjacent to an activating group) is 1. The summed E-state index contributed by atoms with van der Waals surface area (Å²) in [5.41, 5.74) is 0.902. The molecule has 2 aliphatic rings. The highest BCUT2D eigenvalue weighted by Crippen LogP contribution is 2.28. The van der Waals surface area contributed by atoms with Gasteiger partial charge in [-0.15, -0.1) is 5.10 Å². The first-order chi connectivity index (χ1) is 18.7. The van der Waals surface area contributed by atoms with Gasteiger partial charge in [0.15, 0.2) is 5.82 Å². The van der Waals surface area contributed by atoms with Crippen molar-refractivity contribution in [1.29, 1.82) is 5.26 Å². The molecule has 0 aliphatic carbocycles. The Balaban J connectivity index is 1.49. The van der Waals surface area contributed by atoms with Gasteiger partial charge in [0.2, 0.25) is 5.88 Å². The van der Waals surface area contributed by atoms with Crippen molar-refractivity contribution in [2.45, 2.75) is 19.1 Å². The molecule has 5 rings (SSSR count). The van der Waals surface area contributed by atoms with Gasteiger partial charge in [-0.1, -0.05) is 11.6 Å². The lowest BCUT2D eigenvalue weighted by Crippen LogP contribution is -2.42. The number of carbonyl (C=O) groups excluding carboxylic acids is 3. The first kappa shape index (κ1) is 26.5. The molecule has 1 unspecified atom stereocenters. The van der Waals surface area contributed by atoms with Crippen LogP contribution in [0.25, 0.3) is 5.82 Å². The number of halogens is 1. The number of hydroxylamine groups is 2. The second kappa shape index (κ2) is 10.9. The molecule has 3 aromatic rings. The van der Waals surface area contributed by atoms with Crippen LogP contribution in [0.15, 0.2) is 36.5 Å². The average Bonchev–Trinajstić information content (AvgIpc) is 3.46. The molecule has 0 saturated carbocycles. The van der Waals surface area contributed by atoms with E-state index in [0.717, 1.165) is 16.6 Å². The first-order valence-electron chi connectivity index (χ1n) is 11.8. The molecular weight excluding hydrogens is 546 g/mol. The van der Waals surface area contributed by atoms with E-state index in [0.29, 0.717) is 5.56 Å². The number of nitriles is 1. The number of aromatic nitrogens is 3. The van der Waals surface area contributed by atoms with Crippen molar-refractivity contribution < 1.29 is 24.0 Å². The van der Waals surface area contributed by atoms with E-state index in [1.54, 1.807) is 36.9 Å². The number of hydrogen-bond donors (Lipinski definition) is 2. The summed E-state index contributed by atoms with van der Waals surface area (Å²) < 4.78 is 7.17. The molecule has 12 nitrogen and oxygen atoms in total. The number of aryl methyl sites for hydroxylation is 1. The number of ether oxygens (including phenoxy) is 1. The predicted octanol–water partition coefficient (Wildman–Crippen LogP) is 2.35. The summed E-state index contributed by atoms with van der Waals surface area (Å²) in [5.74, 6) is 0.374. The van der Waals surface area contributed by atoms with Crippen LogP contribution in [0, 0.1) is 18.3 Å². The molecule has 2 aromatic heterocycles. The van der Waals surface area contributed by atoms with E-state index < -0.39 is 23.8 Å². The quantitative estimate of drug-likeness (QED) is 0.438. The minimum absolute atomic E-state index is 0.00662. The van der Waals surface area contributed by atoms with Crippen molar-refractivity contribution in [2.24, 2.45) is 0 Å². The summed E-state index contributed by atoms with van der Waals surface area (Å²) in [4.78, 5) is 48.5. The number of hydrogen-bond acceptors (Lipinski definition) is 9. The maximum atomic E-state index is 13.6. The highest BCUT2D eigenvalue weighted by atomic mass is 35.5. The van der Waals surface area contributed by atoms with Crippen molar-refractivity contribution in [1.82, 2.24) is 25.1 Å². The Morgan fingerprint density at radius 2 is 2.08 bits per heavy atom. The fourth-order valence-corrected chi connectivity index (χ4v) is 4.75. The molecule has 2 saturated heterocycles. The zero-order valence-corrected chi connectivity index (χ0v) is 22.4. The number of nitrogens with one attached hydrogen (secondary N) is 2. The van der Waals surface area contributed by atoms with Crippen LogP contribution in [0.2, 0.25) is 5.02 Å². The molecule has 14 heteroatoms. The predicted molar refractivity (Wildman–Crippen MR) is 142 cm³/mol. The van der Waals surface area contributed by atoms with Gasteiger partial charge in [-0.2, -0.15) is 17.0 Å². The summed E-state index contributed by atoms with van der Waals surface area (Å²) in [5, 5.41) is 20.6. The molecule has 2 N–H and O–H groups in total. The number of nitrogens with zero attached hydrogens (tertiary/aromatic N) is 5. The molecule has 2 aliphatic heterocycles. The van der Waals surface area contributed by atoms with E-state index in [9.17, 15) is 19.6 Å². The normalized spacial score (nSPS) is 16.9. The molecule has 2 fully saturated rings. The third kappa shape index (κ3) is 5.40. The van der Waals surface area contributed by atoms with Gasteiger partial charge in [0.05, 0.1) is 27.9 Å². The number of carbonyl (C=O) groups is 3. The molecule has 39 heavy (non-hydrogen) atoms. The lowest BCUT2D eigenvalue weighted by Gasteiger charge is -2.24. The van der Waals surface area contributed by atoms with E-state index in [-0.39, 0.29) is 51.9 Å². The monoisotopic (exact) mass is 567 g/mol. The van der Waals surface area contributed by atoms with Crippen molar-refractivity contribution in [2.75, 3.05) is 30.5 Å². The number of pyridine rings is 1. The number of thioether (sulfide) groups is 1. The summed E-state index contributed by atoms with van der Waals surface area (Å²) in [6, 6.07) is 8.74. The number of anilines is 1. The van der Waals surface area contributed by atoms with Crippen LogP contribution in [0.3, 0.4) is 0 Å². The number of amides is 3. The smallest absolute Gasteiger partial charge is 0.274 e. The molecule has 3 amide bonds. The van der Waals surface area contributed by atoms with Crippen molar-refractivity contribution in [3.8, 4) is 17.8 Å². The zero-order valence-electron chi connectivity index (χ0n) is 20.8. The van der Waals surface area contributed by atoms with Gasteiger partial charge in [-0.3, -0.25) is 19.2 Å². The lowest BCUT2D eigenvalue weighted by atomic mass is 10.0. The van der Waals surface area contributed by atoms with Crippen LogP contribution in [-0.4, -0.2) is 74.9 Å². The van der Waals surface area contributed by atoms with E-state index in [1.165, 1.54) is 30.1 Å². The Morgan fingerprint density at radius 3 is 2.72 bits per heavy atom. The molecule has 0 spiro atoms. The standard InChI is InChI=1S/C25H22ClN7O5S/c1-13-6-14(9-27)7-16(23(34)29-18-10-37-32(2)25(18)36)21(13)30-24(35)19-8-20(38-15-11-39-12-15)31-33(19)22-17(26)4-3-5-28-22/h3-8,15,18H,10-12H2,1-2H3,(H,29,34)(H,30,35).